The first kappa shape index (κ1) is 14.6. The van der Waals surface area contributed by atoms with E-state index in [0.29, 0.717) is 5.69 Å². The maximum atomic E-state index is 13.3. The Hall–Kier alpha value is -1.82. The quantitative estimate of drug-likeness (QED) is 0.918. The number of alkyl halides is 3. The van der Waals surface area contributed by atoms with Crippen LogP contribution >= 0.6 is 0 Å². The number of hydrogen-bond acceptors (Lipinski definition) is 2. The van der Waals surface area contributed by atoms with Crippen LogP contribution in [0, 0.1) is 6.92 Å². The van der Waals surface area contributed by atoms with Crippen LogP contribution in [-0.4, -0.2) is 9.78 Å². The molecule has 6 heteroatoms. The summed E-state index contributed by atoms with van der Waals surface area (Å²) in [7, 11) is 0. The monoisotopic (exact) mass is 283 g/mol. The van der Waals surface area contributed by atoms with Gasteiger partial charge in [-0.3, -0.25) is 0 Å². The molecule has 0 fully saturated rings. The summed E-state index contributed by atoms with van der Waals surface area (Å²) in [5, 5.41) is 3.87. The molecule has 0 aliphatic carbocycles. The standard InChI is InChI=1S/C14H16F3N3/c1-9-4-6-10(7-5-9)20-12(14(15,16)17)11(8-19-20)13(2,3)18/h4-8H,18H2,1-3H3. The molecule has 0 atom stereocenters. The highest BCUT2D eigenvalue weighted by molar-refractivity contribution is 5.39. The van der Waals surface area contributed by atoms with E-state index in [1.165, 1.54) is 20.0 Å². The smallest absolute Gasteiger partial charge is 0.322 e. The number of nitrogens with zero attached hydrogens (tertiary/aromatic N) is 2. The van der Waals surface area contributed by atoms with E-state index < -0.39 is 17.4 Å². The third kappa shape index (κ3) is 2.70. The van der Waals surface area contributed by atoms with Crippen molar-refractivity contribution in [2.24, 2.45) is 5.73 Å². The van der Waals surface area contributed by atoms with Crippen molar-refractivity contribution < 1.29 is 13.2 Å². The topological polar surface area (TPSA) is 43.8 Å². The minimum absolute atomic E-state index is 0.0226. The molecular formula is C14H16F3N3. The highest BCUT2D eigenvalue weighted by Gasteiger charge is 2.41. The minimum Gasteiger partial charge on any atom is -0.322 e. The fourth-order valence-corrected chi connectivity index (χ4v) is 1.97. The molecular weight excluding hydrogens is 267 g/mol. The molecule has 20 heavy (non-hydrogen) atoms. The van der Waals surface area contributed by atoms with Crippen molar-refractivity contribution in [2.75, 3.05) is 0 Å². The molecule has 2 N–H and O–H groups in total. The molecule has 0 saturated heterocycles. The van der Waals surface area contributed by atoms with Gasteiger partial charge in [0.25, 0.3) is 0 Å². The van der Waals surface area contributed by atoms with Crippen LogP contribution in [0.5, 0.6) is 0 Å². The Balaban J connectivity index is 2.66. The third-order valence-electron chi connectivity index (χ3n) is 3.01. The molecule has 0 unspecified atom stereocenters. The van der Waals surface area contributed by atoms with Crippen molar-refractivity contribution in [2.45, 2.75) is 32.5 Å². The maximum absolute atomic E-state index is 13.3. The second-order valence-electron chi connectivity index (χ2n) is 5.37. The summed E-state index contributed by atoms with van der Waals surface area (Å²) in [5.74, 6) is 0. The number of halogens is 3. The summed E-state index contributed by atoms with van der Waals surface area (Å²) >= 11 is 0. The van der Waals surface area contributed by atoms with Gasteiger partial charge in [-0.2, -0.15) is 18.3 Å². The number of benzene rings is 1. The molecule has 108 valence electrons. The van der Waals surface area contributed by atoms with Crippen LogP contribution in [0.15, 0.2) is 30.5 Å². The summed E-state index contributed by atoms with van der Waals surface area (Å²) in [6, 6.07) is 6.69. The van der Waals surface area contributed by atoms with Gasteiger partial charge in [-0.25, -0.2) is 4.68 Å². The summed E-state index contributed by atoms with van der Waals surface area (Å²) in [6.07, 6.45) is -3.34. The molecule has 0 aliphatic heterocycles. The number of aryl methyl sites for hydroxylation is 1. The van der Waals surface area contributed by atoms with E-state index in [0.717, 1.165) is 10.2 Å². The molecule has 3 nitrogen and oxygen atoms in total. The Bertz CT molecular complexity index is 604. The first-order chi connectivity index (χ1) is 9.10. The van der Waals surface area contributed by atoms with Crippen molar-refractivity contribution in [3.8, 4) is 5.69 Å². The van der Waals surface area contributed by atoms with Crippen molar-refractivity contribution in [1.29, 1.82) is 0 Å². The van der Waals surface area contributed by atoms with Gasteiger partial charge in [-0.1, -0.05) is 17.7 Å². The van der Waals surface area contributed by atoms with Crippen LogP contribution in [0.4, 0.5) is 13.2 Å². The Labute approximate surface area is 115 Å². The van der Waals surface area contributed by atoms with Gasteiger partial charge < -0.3 is 5.73 Å². The Morgan fingerprint density at radius 3 is 2.10 bits per heavy atom. The number of aromatic nitrogens is 2. The van der Waals surface area contributed by atoms with Crippen LogP contribution in [0.1, 0.15) is 30.7 Å². The SMILES string of the molecule is Cc1ccc(-n2ncc(C(C)(C)N)c2C(F)(F)F)cc1. The van der Waals surface area contributed by atoms with Crippen molar-refractivity contribution >= 4 is 0 Å². The first-order valence-corrected chi connectivity index (χ1v) is 6.12. The van der Waals surface area contributed by atoms with Crippen LogP contribution in [0.3, 0.4) is 0 Å². The van der Waals surface area contributed by atoms with Gasteiger partial charge in [0.15, 0.2) is 5.69 Å². The lowest BCUT2D eigenvalue weighted by Crippen LogP contribution is -2.31. The maximum Gasteiger partial charge on any atom is 0.433 e. The molecule has 0 amide bonds. The lowest BCUT2D eigenvalue weighted by Gasteiger charge is -2.21. The van der Waals surface area contributed by atoms with E-state index in [-0.39, 0.29) is 5.56 Å². The third-order valence-corrected chi connectivity index (χ3v) is 3.01. The molecule has 0 saturated carbocycles. The highest BCUT2D eigenvalue weighted by Crippen LogP contribution is 2.37. The second-order valence-corrected chi connectivity index (χ2v) is 5.37. The second kappa shape index (κ2) is 4.63. The zero-order valence-corrected chi connectivity index (χ0v) is 11.5. The molecule has 0 aliphatic rings. The van der Waals surface area contributed by atoms with Crippen molar-refractivity contribution in [3.05, 3.63) is 47.3 Å². The van der Waals surface area contributed by atoms with E-state index in [4.69, 9.17) is 5.73 Å². The fourth-order valence-electron chi connectivity index (χ4n) is 1.97. The number of hydrogen-bond donors (Lipinski definition) is 1. The van der Waals surface area contributed by atoms with Gasteiger partial charge in [0.1, 0.15) is 0 Å². The van der Waals surface area contributed by atoms with Gasteiger partial charge in [-0.05, 0) is 32.9 Å². The van der Waals surface area contributed by atoms with E-state index >= 15 is 0 Å². The van der Waals surface area contributed by atoms with Gasteiger partial charge in [-0.15, -0.1) is 0 Å². The van der Waals surface area contributed by atoms with E-state index in [2.05, 4.69) is 5.10 Å². The molecule has 0 spiro atoms. The molecule has 1 aromatic carbocycles. The Kier molecular flexibility index (Phi) is 3.37. The molecule has 1 aromatic heterocycles. The molecule has 2 rings (SSSR count). The fraction of sp³-hybridized carbons (Fsp3) is 0.357. The van der Waals surface area contributed by atoms with Crippen molar-refractivity contribution in [3.63, 3.8) is 0 Å². The van der Waals surface area contributed by atoms with Gasteiger partial charge in [0.05, 0.1) is 11.9 Å². The predicted octanol–water partition coefficient (Wildman–Crippen LogP) is 3.39. The average molecular weight is 283 g/mol. The minimum atomic E-state index is -4.52. The van der Waals surface area contributed by atoms with Gasteiger partial charge in [0.2, 0.25) is 0 Å². The summed E-state index contributed by atoms with van der Waals surface area (Å²) < 4.78 is 40.9. The van der Waals surface area contributed by atoms with E-state index in [9.17, 15) is 13.2 Å². The molecule has 2 aromatic rings. The molecule has 1 heterocycles. The van der Waals surface area contributed by atoms with E-state index in [1.54, 1.807) is 24.3 Å². The van der Waals surface area contributed by atoms with Gasteiger partial charge in [0, 0.05) is 11.1 Å². The number of nitrogens with two attached hydrogens (primary N) is 1. The van der Waals surface area contributed by atoms with Crippen LogP contribution < -0.4 is 5.73 Å². The Morgan fingerprint density at radius 1 is 1.10 bits per heavy atom. The zero-order valence-electron chi connectivity index (χ0n) is 11.5. The van der Waals surface area contributed by atoms with Crippen LogP contribution in [-0.2, 0) is 11.7 Å². The first-order valence-electron chi connectivity index (χ1n) is 6.12. The summed E-state index contributed by atoms with van der Waals surface area (Å²) in [5.41, 5.74) is 5.18. The lowest BCUT2D eigenvalue weighted by molar-refractivity contribution is -0.143. The average Bonchev–Trinajstić information content (AvgIpc) is 2.73. The normalized spacial score (nSPS) is 12.8. The summed E-state index contributed by atoms with van der Waals surface area (Å²) in [4.78, 5) is 0. The number of rotatable bonds is 2. The van der Waals surface area contributed by atoms with E-state index in [1.807, 2.05) is 6.92 Å². The van der Waals surface area contributed by atoms with Crippen molar-refractivity contribution in [1.82, 2.24) is 9.78 Å². The van der Waals surface area contributed by atoms with Gasteiger partial charge >= 0.3 is 6.18 Å². The largest absolute Gasteiger partial charge is 0.433 e. The van der Waals surface area contributed by atoms with Crippen LogP contribution in [0.2, 0.25) is 0 Å². The molecule has 0 bridgehead atoms. The summed E-state index contributed by atoms with van der Waals surface area (Å²) in [6.45, 7) is 4.92. The lowest BCUT2D eigenvalue weighted by atomic mass is 9.96. The Morgan fingerprint density at radius 2 is 1.65 bits per heavy atom. The highest BCUT2D eigenvalue weighted by atomic mass is 19.4. The molecule has 0 radical (unpaired) electrons. The van der Waals surface area contributed by atoms with Crippen LogP contribution in [0.25, 0.3) is 5.69 Å². The zero-order chi connectivity index (χ0) is 15.1. The predicted molar refractivity (Wildman–Crippen MR) is 70.5 cm³/mol.